The molecule has 0 unspecified atom stereocenters. The normalized spacial score (nSPS) is 14.8. The molecule has 0 aliphatic rings. The van der Waals surface area contributed by atoms with Crippen LogP contribution in [-0.4, -0.2) is 41.6 Å². The first kappa shape index (κ1) is 17.2. The van der Waals surface area contributed by atoms with Gasteiger partial charge < -0.3 is 15.8 Å². The Morgan fingerprint density at radius 2 is 1.94 bits per heavy atom. The van der Waals surface area contributed by atoms with E-state index in [9.17, 15) is 9.59 Å². The highest BCUT2D eigenvalue weighted by molar-refractivity contribution is 7.98. The number of carbonyl (C=O) groups is 2. The zero-order chi connectivity index (χ0) is 14.3. The zero-order valence-electron chi connectivity index (χ0n) is 11.8. The second-order valence-electron chi connectivity index (χ2n) is 5.15. The topological polar surface area (TPSA) is 81.4 Å². The highest BCUT2D eigenvalue weighted by Crippen LogP contribution is 2.08. The lowest BCUT2D eigenvalue weighted by Gasteiger charge is -2.23. The Kier molecular flexibility index (Phi) is 7.32. The maximum Gasteiger partial charge on any atom is 0.328 e. The van der Waals surface area contributed by atoms with E-state index in [1.54, 1.807) is 39.5 Å². The largest absolute Gasteiger partial charge is 0.458 e. The van der Waals surface area contributed by atoms with E-state index in [1.807, 2.05) is 6.26 Å². The third-order valence-corrected chi connectivity index (χ3v) is 2.73. The predicted molar refractivity (Wildman–Crippen MR) is 74.4 cm³/mol. The third-order valence-electron chi connectivity index (χ3n) is 2.09. The second kappa shape index (κ2) is 7.63. The molecule has 0 rings (SSSR count). The number of amides is 1. The molecule has 0 saturated heterocycles. The molecule has 0 bridgehead atoms. The average molecular weight is 276 g/mol. The van der Waals surface area contributed by atoms with Crippen molar-refractivity contribution in [1.29, 1.82) is 0 Å². The first-order valence-corrected chi connectivity index (χ1v) is 7.34. The van der Waals surface area contributed by atoms with Crippen molar-refractivity contribution in [3.63, 3.8) is 0 Å². The van der Waals surface area contributed by atoms with E-state index < -0.39 is 23.7 Å². The molecule has 0 saturated carbocycles. The van der Waals surface area contributed by atoms with Crippen LogP contribution < -0.4 is 11.1 Å². The van der Waals surface area contributed by atoms with Crippen LogP contribution in [0.15, 0.2) is 0 Å². The number of rotatable bonds is 6. The van der Waals surface area contributed by atoms with Gasteiger partial charge in [0, 0.05) is 0 Å². The lowest BCUT2D eigenvalue weighted by Crippen LogP contribution is -2.48. The molecule has 0 aliphatic carbocycles. The van der Waals surface area contributed by atoms with Gasteiger partial charge in [-0.15, -0.1) is 0 Å². The lowest BCUT2D eigenvalue weighted by atomic mass is 10.2. The maximum absolute atomic E-state index is 11.7. The van der Waals surface area contributed by atoms with Crippen molar-refractivity contribution in [2.24, 2.45) is 5.73 Å². The van der Waals surface area contributed by atoms with Crippen LogP contribution in [0.25, 0.3) is 0 Å². The summed E-state index contributed by atoms with van der Waals surface area (Å²) in [7, 11) is 0. The second-order valence-corrected chi connectivity index (χ2v) is 6.14. The molecule has 0 aliphatic heterocycles. The molecule has 3 N–H and O–H groups in total. The number of nitrogens with one attached hydrogen (secondary N) is 1. The molecule has 2 atom stereocenters. The number of carbonyl (C=O) groups excluding carboxylic acids is 2. The van der Waals surface area contributed by atoms with Crippen molar-refractivity contribution in [2.75, 3.05) is 12.0 Å². The Morgan fingerprint density at radius 1 is 1.39 bits per heavy atom. The number of esters is 1. The summed E-state index contributed by atoms with van der Waals surface area (Å²) in [6.07, 6.45) is 2.54. The van der Waals surface area contributed by atoms with Crippen molar-refractivity contribution >= 4 is 23.6 Å². The fourth-order valence-corrected chi connectivity index (χ4v) is 1.64. The van der Waals surface area contributed by atoms with Crippen molar-refractivity contribution in [1.82, 2.24) is 5.32 Å². The van der Waals surface area contributed by atoms with Crippen LogP contribution in [0, 0.1) is 0 Å². The van der Waals surface area contributed by atoms with Crippen LogP contribution in [0.2, 0.25) is 0 Å². The summed E-state index contributed by atoms with van der Waals surface area (Å²) in [6.45, 7) is 6.93. The molecular weight excluding hydrogens is 252 g/mol. The fourth-order valence-electron chi connectivity index (χ4n) is 1.15. The molecule has 0 aromatic rings. The molecule has 0 aromatic heterocycles. The molecule has 5 nitrogen and oxygen atoms in total. The number of hydrogen-bond acceptors (Lipinski definition) is 5. The summed E-state index contributed by atoms with van der Waals surface area (Å²) < 4.78 is 5.16. The van der Waals surface area contributed by atoms with Crippen LogP contribution in [0.3, 0.4) is 0 Å². The van der Waals surface area contributed by atoms with E-state index >= 15 is 0 Å². The Morgan fingerprint density at radius 3 is 2.39 bits per heavy atom. The quantitative estimate of drug-likeness (QED) is 0.705. The number of thioether (sulfide) groups is 1. The van der Waals surface area contributed by atoms with Gasteiger partial charge in [-0.1, -0.05) is 0 Å². The molecule has 0 fully saturated rings. The molecule has 6 heteroatoms. The minimum atomic E-state index is -0.683. The molecule has 0 spiro atoms. The number of hydrogen-bond donors (Lipinski definition) is 2. The van der Waals surface area contributed by atoms with Crippen molar-refractivity contribution in [3.8, 4) is 0 Å². The summed E-state index contributed by atoms with van der Waals surface area (Å²) in [4.78, 5) is 23.3. The molecule has 0 aromatic carbocycles. The smallest absolute Gasteiger partial charge is 0.328 e. The monoisotopic (exact) mass is 276 g/mol. The van der Waals surface area contributed by atoms with Crippen LogP contribution in [-0.2, 0) is 14.3 Å². The first-order chi connectivity index (χ1) is 8.17. The van der Waals surface area contributed by atoms with Crippen LogP contribution in [0.4, 0.5) is 0 Å². The van der Waals surface area contributed by atoms with Gasteiger partial charge in [-0.2, -0.15) is 11.8 Å². The van der Waals surface area contributed by atoms with Gasteiger partial charge in [-0.25, -0.2) is 4.79 Å². The molecule has 1 amide bonds. The van der Waals surface area contributed by atoms with Crippen molar-refractivity contribution in [2.45, 2.75) is 51.8 Å². The van der Waals surface area contributed by atoms with Crippen LogP contribution in [0.5, 0.6) is 0 Å². The summed E-state index contributed by atoms with van der Waals surface area (Å²) in [5.74, 6) is 0.0467. The average Bonchev–Trinajstić information content (AvgIpc) is 2.23. The summed E-state index contributed by atoms with van der Waals surface area (Å²) >= 11 is 1.63. The molecular formula is C12H24N2O3S. The predicted octanol–water partition coefficient (Wildman–Crippen LogP) is 0.913. The van der Waals surface area contributed by atoms with Crippen molar-refractivity contribution in [3.05, 3.63) is 0 Å². The summed E-state index contributed by atoms with van der Waals surface area (Å²) in [6, 6.07) is -1.26. The standard InChI is InChI=1S/C12H24N2O3S/c1-8(11(16)17-12(2,3)4)14-10(15)9(13)6-7-18-5/h8-9H,6-7,13H2,1-5H3,(H,14,15)/t8-,9-/m0/s1. The van der Waals surface area contributed by atoms with E-state index in [0.717, 1.165) is 5.75 Å². The van der Waals surface area contributed by atoms with Gasteiger partial charge in [-0.05, 0) is 46.1 Å². The van der Waals surface area contributed by atoms with Gasteiger partial charge in [-0.3, -0.25) is 4.79 Å². The fraction of sp³-hybridized carbons (Fsp3) is 0.833. The number of ether oxygens (including phenoxy) is 1. The molecule has 0 radical (unpaired) electrons. The zero-order valence-corrected chi connectivity index (χ0v) is 12.6. The summed E-state index contributed by atoms with van der Waals surface area (Å²) in [5.41, 5.74) is 5.14. The lowest BCUT2D eigenvalue weighted by molar-refractivity contribution is -0.158. The van der Waals surface area contributed by atoms with Crippen LogP contribution in [0.1, 0.15) is 34.1 Å². The SMILES string of the molecule is CSCC[C@H](N)C(=O)N[C@@H](C)C(=O)OC(C)(C)C. The van der Waals surface area contributed by atoms with Crippen LogP contribution >= 0.6 is 11.8 Å². The minimum Gasteiger partial charge on any atom is -0.458 e. The van der Waals surface area contributed by atoms with E-state index in [0.29, 0.717) is 6.42 Å². The van der Waals surface area contributed by atoms with Gasteiger partial charge >= 0.3 is 5.97 Å². The van der Waals surface area contributed by atoms with Crippen molar-refractivity contribution < 1.29 is 14.3 Å². The summed E-state index contributed by atoms with van der Waals surface area (Å²) in [5, 5.41) is 2.56. The van der Waals surface area contributed by atoms with E-state index in [-0.39, 0.29) is 5.91 Å². The third kappa shape index (κ3) is 7.55. The molecule has 0 heterocycles. The van der Waals surface area contributed by atoms with Gasteiger partial charge in [0.25, 0.3) is 0 Å². The van der Waals surface area contributed by atoms with E-state index in [2.05, 4.69) is 5.32 Å². The van der Waals surface area contributed by atoms with Gasteiger partial charge in [0.15, 0.2) is 0 Å². The van der Waals surface area contributed by atoms with Gasteiger partial charge in [0.2, 0.25) is 5.91 Å². The molecule has 18 heavy (non-hydrogen) atoms. The van der Waals surface area contributed by atoms with E-state index in [1.165, 1.54) is 0 Å². The Labute approximate surface area is 113 Å². The minimum absolute atomic E-state index is 0.317. The van der Waals surface area contributed by atoms with E-state index in [4.69, 9.17) is 10.5 Å². The Balaban J connectivity index is 4.18. The maximum atomic E-state index is 11.7. The highest BCUT2D eigenvalue weighted by atomic mass is 32.2. The van der Waals surface area contributed by atoms with Gasteiger partial charge in [0.1, 0.15) is 11.6 Å². The molecule has 106 valence electrons. The van der Waals surface area contributed by atoms with Gasteiger partial charge in [0.05, 0.1) is 6.04 Å². The Hall–Kier alpha value is -0.750. The number of nitrogens with two attached hydrogens (primary N) is 1. The first-order valence-electron chi connectivity index (χ1n) is 5.95. The highest BCUT2D eigenvalue weighted by Gasteiger charge is 2.24. The Bertz CT molecular complexity index is 290.